The van der Waals surface area contributed by atoms with Gasteiger partial charge in [-0.2, -0.15) is 0 Å². The van der Waals surface area contributed by atoms with E-state index in [2.05, 4.69) is 26.2 Å². The van der Waals surface area contributed by atoms with E-state index in [1.165, 1.54) is 6.07 Å². The van der Waals surface area contributed by atoms with Crippen molar-refractivity contribution < 1.29 is 4.92 Å². The standard InChI is InChI=1S/C12H10BrN3O2/c13-10-5-6-12(15-8-10)14-7-9-3-1-2-4-11(9)16(17)18/h1-6,8H,7H2,(H,14,15). The summed E-state index contributed by atoms with van der Waals surface area (Å²) >= 11 is 3.29. The van der Waals surface area contributed by atoms with Crippen LogP contribution in [0.25, 0.3) is 0 Å². The molecule has 0 saturated heterocycles. The van der Waals surface area contributed by atoms with Crippen LogP contribution in [-0.2, 0) is 6.54 Å². The summed E-state index contributed by atoms with van der Waals surface area (Å²) < 4.78 is 0.888. The van der Waals surface area contributed by atoms with E-state index >= 15 is 0 Å². The van der Waals surface area contributed by atoms with Crippen LogP contribution in [0.1, 0.15) is 5.56 Å². The number of nitro groups is 1. The minimum Gasteiger partial charge on any atom is -0.366 e. The fourth-order valence-electron chi connectivity index (χ4n) is 1.50. The summed E-state index contributed by atoms with van der Waals surface area (Å²) in [5.74, 6) is 0.677. The van der Waals surface area contributed by atoms with Crippen LogP contribution >= 0.6 is 15.9 Å². The van der Waals surface area contributed by atoms with E-state index < -0.39 is 0 Å². The Balaban J connectivity index is 2.10. The average Bonchev–Trinajstić information content (AvgIpc) is 2.38. The lowest BCUT2D eigenvalue weighted by molar-refractivity contribution is -0.385. The SMILES string of the molecule is O=[N+]([O-])c1ccccc1CNc1ccc(Br)cn1. The molecule has 1 heterocycles. The fourth-order valence-corrected chi connectivity index (χ4v) is 1.74. The highest BCUT2D eigenvalue weighted by Crippen LogP contribution is 2.19. The molecule has 1 N–H and O–H groups in total. The van der Waals surface area contributed by atoms with Gasteiger partial charge in [-0.25, -0.2) is 4.98 Å². The van der Waals surface area contributed by atoms with E-state index in [1.807, 2.05) is 6.07 Å². The monoisotopic (exact) mass is 307 g/mol. The summed E-state index contributed by atoms with van der Waals surface area (Å²) in [6.07, 6.45) is 1.67. The molecular formula is C12H10BrN3O2. The average molecular weight is 308 g/mol. The van der Waals surface area contributed by atoms with Crippen LogP contribution < -0.4 is 5.32 Å². The molecular weight excluding hydrogens is 298 g/mol. The van der Waals surface area contributed by atoms with Crippen molar-refractivity contribution in [3.63, 3.8) is 0 Å². The van der Waals surface area contributed by atoms with Crippen molar-refractivity contribution in [1.82, 2.24) is 4.98 Å². The van der Waals surface area contributed by atoms with Gasteiger partial charge in [0.05, 0.1) is 4.92 Å². The Bertz CT molecular complexity index is 558. The molecule has 18 heavy (non-hydrogen) atoms. The molecule has 0 fully saturated rings. The van der Waals surface area contributed by atoms with Crippen molar-refractivity contribution in [2.24, 2.45) is 0 Å². The first-order valence-corrected chi connectivity index (χ1v) is 6.04. The number of nitro benzene ring substituents is 1. The topological polar surface area (TPSA) is 68.1 Å². The third-order valence-electron chi connectivity index (χ3n) is 2.38. The van der Waals surface area contributed by atoms with Crippen LogP contribution in [0.2, 0.25) is 0 Å². The molecule has 2 rings (SSSR count). The lowest BCUT2D eigenvalue weighted by Crippen LogP contribution is -2.03. The molecule has 92 valence electrons. The molecule has 0 saturated carbocycles. The number of nitrogens with zero attached hydrogens (tertiary/aromatic N) is 2. The molecule has 0 unspecified atom stereocenters. The number of halogens is 1. The number of benzene rings is 1. The zero-order chi connectivity index (χ0) is 13.0. The van der Waals surface area contributed by atoms with E-state index in [4.69, 9.17) is 0 Å². The van der Waals surface area contributed by atoms with Gasteiger partial charge in [0, 0.05) is 28.8 Å². The first kappa shape index (κ1) is 12.5. The molecule has 0 spiro atoms. The van der Waals surface area contributed by atoms with Gasteiger partial charge in [-0.15, -0.1) is 0 Å². The van der Waals surface area contributed by atoms with Gasteiger partial charge in [0.25, 0.3) is 5.69 Å². The van der Waals surface area contributed by atoms with Crippen molar-refractivity contribution in [2.45, 2.75) is 6.54 Å². The van der Waals surface area contributed by atoms with Gasteiger partial charge >= 0.3 is 0 Å². The molecule has 0 aliphatic rings. The third kappa shape index (κ3) is 3.04. The van der Waals surface area contributed by atoms with E-state index in [0.717, 1.165) is 4.47 Å². The molecule has 5 nitrogen and oxygen atoms in total. The maximum Gasteiger partial charge on any atom is 0.274 e. The Labute approximate surface area is 112 Å². The number of rotatable bonds is 4. The molecule has 1 aromatic carbocycles. The number of pyridine rings is 1. The quantitative estimate of drug-likeness (QED) is 0.694. The summed E-state index contributed by atoms with van der Waals surface area (Å²) in [5, 5.41) is 13.9. The lowest BCUT2D eigenvalue weighted by Gasteiger charge is -2.06. The Morgan fingerprint density at radius 1 is 1.28 bits per heavy atom. The molecule has 2 aromatic rings. The van der Waals surface area contributed by atoms with Gasteiger partial charge in [0.1, 0.15) is 5.82 Å². The second-order valence-electron chi connectivity index (χ2n) is 3.60. The molecule has 6 heteroatoms. The van der Waals surface area contributed by atoms with Crippen molar-refractivity contribution in [3.05, 3.63) is 62.7 Å². The van der Waals surface area contributed by atoms with Crippen molar-refractivity contribution in [1.29, 1.82) is 0 Å². The number of para-hydroxylation sites is 1. The highest BCUT2D eigenvalue weighted by Gasteiger charge is 2.11. The van der Waals surface area contributed by atoms with Crippen LogP contribution in [0.4, 0.5) is 11.5 Å². The first-order chi connectivity index (χ1) is 8.66. The molecule has 0 aliphatic heterocycles. The van der Waals surface area contributed by atoms with Crippen molar-refractivity contribution in [2.75, 3.05) is 5.32 Å². The fraction of sp³-hybridized carbons (Fsp3) is 0.0833. The van der Waals surface area contributed by atoms with E-state index in [-0.39, 0.29) is 10.6 Å². The zero-order valence-corrected chi connectivity index (χ0v) is 10.9. The van der Waals surface area contributed by atoms with Gasteiger partial charge < -0.3 is 5.32 Å². The normalized spacial score (nSPS) is 10.1. The summed E-state index contributed by atoms with van der Waals surface area (Å²) in [7, 11) is 0. The summed E-state index contributed by atoms with van der Waals surface area (Å²) in [5.41, 5.74) is 0.745. The number of nitrogens with one attached hydrogen (secondary N) is 1. The first-order valence-electron chi connectivity index (χ1n) is 5.24. The number of hydrogen-bond donors (Lipinski definition) is 1. The smallest absolute Gasteiger partial charge is 0.274 e. The van der Waals surface area contributed by atoms with Gasteiger partial charge in [-0.05, 0) is 28.1 Å². The minimum absolute atomic E-state index is 0.113. The predicted molar refractivity (Wildman–Crippen MR) is 72.4 cm³/mol. The van der Waals surface area contributed by atoms with E-state index in [9.17, 15) is 10.1 Å². The predicted octanol–water partition coefficient (Wildman–Crippen LogP) is 3.36. The van der Waals surface area contributed by atoms with Crippen molar-refractivity contribution >= 4 is 27.4 Å². The number of hydrogen-bond acceptors (Lipinski definition) is 4. The number of anilines is 1. The van der Waals surface area contributed by atoms with Crippen molar-refractivity contribution in [3.8, 4) is 0 Å². The molecule has 0 aliphatic carbocycles. The van der Waals surface area contributed by atoms with Gasteiger partial charge in [0.15, 0.2) is 0 Å². The van der Waals surface area contributed by atoms with Gasteiger partial charge in [0.2, 0.25) is 0 Å². The molecule has 0 amide bonds. The third-order valence-corrected chi connectivity index (χ3v) is 2.84. The van der Waals surface area contributed by atoms with Crippen LogP contribution in [-0.4, -0.2) is 9.91 Å². The Morgan fingerprint density at radius 3 is 2.72 bits per heavy atom. The molecule has 0 bridgehead atoms. The van der Waals surface area contributed by atoms with Crippen LogP contribution in [0.5, 0.6) is 0 Å². The van der Waals surface area contributed by atoms with Gasteiger partial charge in [-0.1, -0.05) is 18.2 Å². The summed E-state index contributed by atoms with van der Waals surface area (Å²) in [6, 6.07) is 10.3. The second kappa shape index (κ2) is 5.59. The number of aromatic nitrogens is 1. The second-order valence-corrected chi connectivity index (χ2v) is 4.52. The van der Waals surface area contributed by atoms with E-state index in [0.29, 0.717) is 17.9 Å². The van der Waals surface area contributed by atoms with Crippen LogP contribution in [0.3, 0.4) is 0 Å². The van der Waals surface area contributed by atoms with Crippen LogP contribution in [0, 0.1) is 10.1 Å². The van der Waals surface area contributed by atoms with Crippen LogP contribution in [0.15, 0.2) is 47.1 Å². The molecule has 0 radical (unpaired) electrons. The van der Waals surface area contributed by atoms with Gasteiger partial charge in [-0.3, -0.25) is 10.1 Å². The summed E-state index contributed by atoms with van der Waals surface area (Å²) in [4.78, 5) is 14.6. The maximum atomic E-state index is 10.8. The maximum absolute atomic E-state index is 10.8. The summed E-state index contributed by atoms with van der Waals surface area (Å²) in [6.45, 7) is 0.367. The van der Waals surface area contributed by atoms with E-state index in [1.54, 1.807) is 30.5 Å². The Morgan fingerprint density at radius 2 is 2.06 bits per heavy atom. The zero-order valence-electron chi connectivity index (χ0n) is 9.34. The Kier molecular flexibility index (Phi) is 3.88. The Hall–Kier alpha value is -1.95. The largest absolute Gasteiger partial charge is 0.366 e. The highest BCUT2D eigenvalue weighted by atomic mass is 79.9. The molecule has 1 aromatic heterocycles. The highest BCUT2D eigenvalue weighted by molar-refractivity contribution is 9.10. The lowest BCUT2D eigenvalue weighted by atomic mass is 10.2. The minimum atomic E-state index is -0.383. The molecule has 0 atom stereocenters.